The third kappa shape index (κ3) is 6.57. The number of hydrogen-bond acceptors (Lipinski definition) is 6. The first kappa shape index (κ1) is 28.9. The second kappa shape index (κ2) is 12.9. The van der Waals surface area contributed by atoms with Crippen LogP contribution < -0.4 is 20.4 Å². The van der Waals surface area contributed by atoms with Crippen molar-refractivity contribution in [3.8, 4) is 0 Å². The summed E-state index contributed by atoms with van der Waals surface area (Å²) in [5.74, 6) is -3.49. The number of benzene rings is 3. The van der Waals surface area contributed by atoms with Crippen molar-refractivity contribution in [2.45, 2.75) is 38.3 Å². The van der Waals surface area contributed by atoms with Crippen molar-refractivity contribution in [3.63, 3.8) is 0 Å². The Bertz CT molecular complexity index is 1500. The highest BCUT2D eigenvalue weighted by Crippen LogP contribution is 2.33. The molecule has 4 amide bonds. The van der Waals surface area contributed by atoms with E-state index in [1.807, 2.05) is 25.1 Å². The van der Waals surface area contributed by atoms with Gasteiger partial charge in [-0.2, -0.15) is 0 Å². The number of rotatable bonds is 10. The summed E-state index contributed by atoms with van der Waals surface area (Å²) in [6.45, 7) is 1.11. The number of hydrogen-bond donors (Lipinski definition) is 3. The fraction of sp³-hybridized carbons (Fsp3) is 0.267. The zero-order valence-electron chi connectivity index (χ0n) is 22.4. The second-order valence-corrected chi connectivity index (χ2v) is 9.63. The van der Waals surface area contributed by atoms with E-state index >= 15 is 0 Å². The van der Waals surface area contributed by atoms with Gasteiger partial charge in [0, 0.05) is 12.0 Å². The second-order valence-electron chi connectivity index (χ2n) is 9.63. The molecule has 3 aromatic carbocycles. The molecule has 0 unspecified atom stereocenters. The molecule has 41 heavy (non-hydrogen) atoms. The van der Waals surface area contributed by atoms with Crippen molar-refractivity contribution in [1.29, 1.82) is 0 Å². The van der Waals surface area contributed by atoms with E-state index in [-0.39, 0.29) is 24.6 Å². The summed E-state index contributed by atoms with van der Waals surface area (Å²) < 4.78 is 0. The molecule has 0 aliphatic carbocycles. The monoisotopic (exact) mass is 558 g/mol. The first-order chi connectivity index (χ1) is 19.7. The van der Waals surface area contributed by atoms with Crippen molar-refractivity contribution >= 4 is 58.0 Å². The predicted molar refractivity (Wildman–Crippen MR) is 152 cm³/mol. The van der Waals surface area contributed by atoms with Crippen LogP contribution in [0.5, 0.6) is 0 Å². The molecule has 1 aliphatic heterocycles. The summed E-state index contributed by atoms with van der Waals surface area (Å²) in [7, 11) is 0. The first-order valence-electron chi connectivity index (χ1n) is 13.2. The lowest BCUT2D eigenvalue weighted by Crippen LogP contribution is -2.54. The van der Waals surface area contributed by atoms with E-state index in [1.54, 1.807) is 48.5 Å². The predicted octanol–water partition coefficient (Wildman–Crippen LogP) is 2.28. The van der Waals surface area contributed by atoms with Crippen LogP contribution in [0.25, 0.3) is 10.8 Å². The Morgan fingerprint density at radius 1 is 1.00 bits per heavy atom. The highest BCUT2D eigenvalue weighted by atomic mass is 16.4. The number of carboxylic acids is 1. The van der Waals surface area contributed by atoms with Gasteiger partial charge in [0.25, 0.3) is 11.8 Å². The van der Waals surface area contributed by atoms with Crippen molar-refractivity contribution in [2.75, 3.05) is 22.9 Å². The summed E-state index contributed by atoms with van der Waals surface area (Å²) in [5, 5.41) is 15.6. The Hall–Kier alpha value is -5.06. The van der Waals surface area contributed by atoms with Crippen LogP contribution in [0.4, 0.5) is 11.4 Å². The number of carbonyl (C=O) groups excluding carboxylic acids is 5. The zero-order chi connectivity index (χ0) is 29.5. The SMILES string of the molecule is CCCC(=O)N1C[C@H](NC(=O)c2cccc3ccccc23)C(=O)N(CC(=O)N[C@H](C=O)CC(=O)O)c2ccccc21. The van der Waals surface area contributed by atoms with E-state index in [0.717, 1.165) is 10.3 Å². The maximum atomic E-state index is 14.0. The maximum absolute atomic E-state index is 14.0. The molecule has 3 N–H and O–H groups in total. The molecule has 212 valence electrons. The molecule has 0 fully saturated rings. The average molecular weight is 559 g/mol. The minimum absolute atomic E-state index is 0.167. The van der Waals surface area contributed by atoms with Crippen molar-refractivity contribution < 1.29 is 33.9 Å². The zero-order valence-corrected chi connectivity index (χ0v) is 22.4. The van der Waals surface area contributed by atoms with Gasteiger partial charge in [-0.05, 0) is 35.4 Å². The minimum Gasteiger partial charge on any atom is -0.481 e. The number of carboxylic acid groups (broad SMARTS) is 1. The molecule has 2 atom stereocenters. The molecule has 0 bridgehead atoms. The fourth-order valence-corrected chi connectivity index (χ4v) is 4.82. The van der Waals surface area contributed by atoms with Gasteiger partial charge >= 0.3 is 5.97 Å². The first-order valence-corrected chi connectivity index (χ1v) is 13.2. The van der Waals surface area contributed by atoms with Crippen LogP contribution in [-0.2, 0) is 24.0 Å². The van der Waals surface area contributed by atoms with E-state index < -0.39 is 48.7 Å². The summed E-state index contributed by atoms with van der Waals surface area (Å²) in [6, 6.07) is 16.6. The van der Waals surface area contributed by atoms with E-state index in [1.165, 1.54) is 4.90 Å². The van der Waals surface area contributed by atoms with E-state index in [4.69, 9.17) is 5.11 Å². The van der Waals surface area contributed by atoms with Crippen LogP contribution in [-0.4, -0.2) is 66.2 Å². The number of nitrogens with one attached hydrogen (secondary N) is 2. The smallest absolute Gasteiger partial charge is 0.305 e. The lowest BCUT2D eigenvalue weighted by Gasteiger charge is -2.25. The highest BCUT2D eigenvalue weighted by Gasteiger charge is 2.37. The molecule has 0 saturated heterocycles. The number of carbonyl (C=O) groups is 6. The van der Waals surface area contributed by atoms with Crippen LogP contribution in [0.2, 0.25) is 0 Å². The topological polar surface area (TPSA) is 153 Å². The van der Waals surface area contributed by atoms with Gasteiger partial charge in [-0.1, -0.05) is 55.5 Å². The maximum Gasteiger partial charge on any atom is 0.305 e. The molecule has 1 aliphatic rings. The van der Waals surface area contributed by atoms with E-state index in [2.05, 4.69) is 10.6 Å². The van der Waals surface area contributed by atoms with Gasteiger partial charge in [-0.25, -0.2) is 0 Å². The molecule has 0 aromatic heterocycles. The number of anilines is 2. The van der Waals surface area contributed by atoms with Gasteiger partial charge < -0.3 is 25.4 Å². The van der Waals surface area contributed by atoms with Gasteiger partial charge in [-0.3, -0.25) is 28.9 Å². The summed E-state index contributed by atoms with van der Waals surface area (Å²) in [5.41, 5.74) is 0.988. The molecule has 0 spiro atoms. The van der Waals surface area contributed by atoms with Gasteiger partial charge in [0.15, 0.2) is 0 Å². The minimum atomic E-state index is -1.29. The van der Waals surface area contributed by atoms with Gasteiger partial charge in [0.1, 0.15) is 18.9 Å². The summed E-state index contributed by atoms with van der Waals surface area (Å²) >= 11 is 0. The lowest BCUT2D eigenvalue weighted by molar-refractivity contribution is -0.139. The standard InChI is InChI=1S/C30H30N4O7/c1-2-8-27(37)33-16-23(32-29(40)22-12-7-10-19-9-3-4-11-21(19)22)30(41)34(25-14-6-5-13-24(25)33)17-26(36)31-20(18-35)15-28(38)39/h3-7,9-14,18,20,23H,2,8,15-17H2,1H3,(H,31,36)(H,32,40)(H,38,39)/t20-,23-/m0/s1. The molecule has 11 heteroatoms. The number of aldehydes is 1. The molecular weight excluding hydrogens is 528 g/mol. The normalized spacial score (nSPS) is 15.4. The highest BCUT2D eigenvalue weighted by molar-refractivity contribution is 6.13. The Balaban J connectivity index is 1.70. The van der Waals surface area contributed by atoms with Crippen molar-refractivity contribution in [3.05, 3.63) is 72.3 Å². The van der Waals surface area contributed by atoms with Crippen LogP contribution in [0, 0.1) is 0 Å². The molecule has 3 aromatic rings. The number of para-hydroxylation sites is 2. The van der Waals surface area contributed by atoms with Crippen molar-refractivity contribution in [1.82, 2.24) is 10.6 Å². The van der Waals surface area contributed by atoms with Gasteiger partial charge in [0.05, 0.1) is 30.4 Å². The summed E-state index contributed by atoms with van der Waals surface area (Å²) in [6.07, 6.45) is 0.440. The van der Waals surface area contributed by atoms with E-state index in [0.29, 0.717) is 29.3 Å². The molecule has 1 heterocycles. The van der Waals surface area contributed by atoms with Crippen molar-refractivity contribution in [2.24, 2.45) is 0 Å². The molecular formula is C30H30N4O7. The van der Waals surface area contributed by atoms with E-state index in [9.17, 15) is 28.8 Å². The molecule has 0 saturated carbocycles. The van der Waals surface area contributed by atoms with Gasteiger partial charge in [0.2, 0.25) is 11.8 Å². The largest absolute Gasteiger partial charge is 0.481 e. The summed E-state index contributed by atoms with van der Waals surface area (Å²) in [4.78, 5) is 78.6. The third-order valence-electron chi connectivity index (χ3n) is 6.70. The number of aliphatic carboxylic acids is 1. The molecule has 0 radical (unpaired) electrons. The Labute approximate surface area is 236 Å². The average Bonchev–Trinajstić information content (AvgIpc) is 3.07. The van der Waals surface area contributed by atoms with Crippen LogP contribution in [0.3, 0.4) is 0 Å². The number of amides is 4. The Kier molecular flexibility index (Phi) is 9.08. The Morgan fingerprint density at radius 2 is 1.68 bits per heavy atom. The molecule has 4 rings (SSSR count). The van der Waals surface area contributed by atoms with Crippen LogP contribution in [0.1, 0.15) is 36.5 Å². The quantitative estimate of drug-likeness (QED) is 0.323. The lowest BCUT2D eigenvalue weighted by atomic mass is 10.0. The third-order valence-corrected chi connectivity index (χ3v) is 6.70. The number of fused-ring (bicyclic) bond motifs is 2. The fourth-order valence-electron chi connectivity index (χ4n) is 4.82. The number of nitrogens with zero attached hydrogens (tertiary/aromatic N) is 2. The van der Waals surface area contributed by atoms with Crippen LogP contribution >= 0.6 is 0 Å². The van der Waals surface area contributed by atoms with Crippen LogP contribution in [0.15, 0.2) is 66.7 Å². The Morgan fingerprint density at radius 3 is 2.39 bits per heavy atom. The molecule has 11 nitrogen and oxygen atoms in total. The van der Waals surface area contributed by atoms with Gasteiger partial charge in [-0.15, -0.1) is 0 Å².